The Kier molecular flexibility index (Phi) is 9.71. The summed E-state index contributed by atoms with van der Waals surface area (Å²) in [5.41, 5.74) is 5.98. The quantitative estimate of drug-likeness (QED) is 0.387. The molecule has 8 heteroatoms. The molecule has 3 aromatic rings. The van der Waals surface area contributed by atoms with Crippen LogP contribution in [0.5, 0.6) is 5.75 Å². The molecule has 0 fully saturated rings. The molecule has 0 aliphatic heterocycles. The van der Waals surface area contributed by atoms with Gasteiger partial charge in [0, 0.05) is 25.7 Å². The molecule has 0 radical (unpaired) electrons. The van der Waals surface area contributed by atoms with Crippen LogP contribution in [0.2, 0.25) is 0 Å². The van der Waals surface area contributed by atoms with E-state index in [0.29, 0.717) is 18.7 Å². The number of nitrogens with one attached hydrogen (secondary N) is 2. The Balaban J connectivity index is 1.72. The van der Waals surface area contributed by atoms with Gasteiger partial charge in [0.2, 0.25) is 5.91 Å². The van der Waals surface area contributed by atoms with Crippen LogP contribution in [-0.4, -0.2) is 38.7 Å². The van der Waals surface area contributed by atoms with Crippen molar-refractivity contribution < 1.29 is 19.3 Å². The second-order valence-electron chi connectivity index (χ2n) is 8.21. The Hall–Kier alpha value is -4.04. The predicted octanol–water partition coefficient (Wildman–Crippen LogP) is 4.50. The van der Waals surface area contributed by atoms with Crippen molar-refractivity contribution in [1.82, 2.24) is 10.8 Å². The van der Waals surface area contributed by atoms with Gasteiger partial charge in [0.15, 0.2) is 0 Å². The second kappa shape index (κ2) is 13.2. The van der Waals surface area contributed by atoms with E-state index in [4.69, 9.17) is 9.68 Å². The normalized spacial score (nSPS) is 11.3. The fourth-order valence-electron chi connectivity index (χ4n) is 3.79. The zero-order chi connectivity index (χ0) is 25.9. The molecule has 3 rings (SSSR count). The average Bonchev–Trinajstić information content (AvgIpc) is 2.92. The van der Waals surface area contributed by atoms with Gasteiger partial charge in [-0.1, -0.05) is 49.4 Å². The van der Waals surface area contributed by atoms with E-state index < -0.39 is 12.1 Å². The first-order valence-corrected chi connectivity index (χ1v) is 12.0. The molecule has 36 heavy (non-hydrogen) atoms. The number of aryl methyl sites for hydroxylation is 1. The highest BCUT2D eigenvalue weighted by Gasteiger charge is 2.27. The maximum absolute atomic E-state index is 13.6. The molecule has 0 saturated carbocycles. The first-order valence-electron chi connectivity index (χ1n) is 12.0. The summed E-state index contributed by atoms with van der Waals surface area (Å²) in [6.45, 7) is 4.40. The molecule has 2 N–H and O–H groups in total. The summed E-state index contributed by atoms with van der Waals surface area (Å²) in [5.74, 6) is 0.469. The van der Waals surface area contributed by atoms with E-state index in [2.05, 4.69) is 17.7 Å². The summed E-state index contributed by atoms with van der Waals surface area (Å²) in [6, 6.07) is 23.2. The highest BCUT2D eigenvalue weighted by molar-refractivity contribution is 5.99. The van der Waals surface area contributed by atoms with E-state index in [1.165, 1.54) is 5.06 Å². The van der Waals surface area contributed by atoms with E-state index in [9.17, 15) is 9.59 Å². The number of hydroxylamine groups is 2. The molecule has 0 aromatic heterocycles. The van der Waals surface area contributed by atoms with E-state index >= 15 is 0 Å². The topological polar surface area (TPSA) is 83.1 Å². The van der Waals surface area contributed by atoms with Gasteiger partial charge in [0.1, 0.15) is 11.8 Å². The summed E-state index contributed by atoms with van der Waals surface area (Å²) in [4.78, 5) is 33.5. The number of hydrogen-bond donors (Lipinski definition) is 2. The van der Waals surface area contributed by atoms with Gasteiger partial charge in [-0.2, -0.15) is 10.4 Å². The smallest absolute Gasteiger partial charge is 0.341 e. The largest absolute Gasteiger partial charge is 0.497 e. The molecule has 190 valence electrons. The van der Waals surface area contributed by atoms with Gasteiger partial charge in [0.05, 0.1) is 12.8 Å². The molecule has 0 bridgehead atoms. The zero-order valence-electron chi connectivity index (χ0n) is 21.2. The van der Waals surface area contributed by atoms with E-state index in [0.717, 1.165) is 28.9 Å². The van der Waals surface area contributed by atoms with Gasteiger partial charge in [-0.05, 0) is 60.9 Å². The molecular weight excluding hydrogens is 456 g/mol. The van der Waals surface area contributed by atoms with Gasteiger partial charge in [-0.25, -0.2) is 9.86 Å². The summed E-state index contributed by atoms with van der Waals surface area (Å²) in [5, 5.41) is 4.24. The fourth-order valence-corrected chi connectivity index (χ4v) is 3.79. The number of likely N-dealkylation sites (N-methyl/N-ethyl adjacent to an activating group) is 1. The molecule has 0 heterocycles. The highest BCUT2D eigenvalue weighted by atomic mass is 16.8. The third-order valence-corrected chi connectivity index (χ3v) is 5.81. The molecular formula is C28H34N4O4. The molecule has 8 nitrogen and oxygen atoms in total. The number of nitrogens with zero attached hydrogens (tertiary/aromatic N) is 2. The number of methoxy groups -OCH3 is 1. The van der Waals surface area contributed by atoms with Crippen LogP contribution in [0.3, 0.4) is 0 Å². The number of anilines is 2. The van der Waals surface area contributed by atoms with Crippen LogP contribution < -0.4 is 25.5 Å². The molecule has 0 aliphatic carbocycles. The van der Waals surface area contributed by atoms with Crippen molar-refractivity contribution in [1.29, 1.82) is 0 Å². The third-order valence-electron chi connectivity index (χ3n) is 5.81. The van der Waals surface area contributed by atoms with Crippen molar-refractivity contribution in [3.05, 3.63) is 90.0 Å². The Labute approximate surface area is 212 Å². The van der Waals surface area contributed by atoms with Crippen LogP contribution in [-0.2, 0) is 22.6 Å². The van der Waals surface area contributed by atoms with Gasteiger partial charge in [-0.15, -0.1) is 0 Å². The van der Waals surface area contributed by atoms with Crippen molar-refractivity contribution in [2.24, 2.45) is 0 Å². The summed E-state index contributed by atoms with van der Waals surface area (Å²) < 4.78 is 5.23. The number of ether oxygens (including phenoxy) is 1. The molecule has 1 unspecified atom stereocenters. The van der Waals surface area contributed by atoms with Crippen molar-refractivity contribution in [2.45, 2.75) is 32.7 Å². The first kappa shape index (κ1) is 26.6. The van der Waals surface area contributed by atoms with Crippen LogP contribution >= 0.6 is 0 Å². The lowest BCUT2D eigenvalue weighted by Crippen LogP contribution is -2.53. The van der Waals surface area contributed by atoms with Crippen molar-refractivity contribution >= 4 is 23.3 Å². The Morgan fingerprint density at radius 2 is 1.58 bits per heavy atom. The molecule has 1 atom stereocenters. The maximum Gasteiger partial charge on any atom is 0.341 e. The number of carbonyl (C=O) groups is 2. The molecule has 0 saturated heterocycles. The molecule has 3 amide bonds. The number of urea groups is 1. The van der Waals surface area contributed by atoms with E-state index in [1.54, 1.807) is 31.2 Å². The lowest BCUT2D eigenvalue weighted by Gasteiger charge is -2.27. The van der Waals surface area contributed by atoms with Crippen molar-refractivity contribution in [3.8, 4) is 5.75 Å². The standard InChI is InChI=1S/C28H34N4O4/c1-5-21-13-10-14-24(19-21)31(3)36-30-28(34)29-26(20-22-11-8-7-9-12-22)27(33)32(6-2)23-15-17-25(35-4)18-16-23/h7-19,26H,5-6,20H2,1-4H3,(H2,29,30,34). The molecule has 0 spiro atoms. The highest BCUT2D eigenvalue weighted by Crippen LogP contribution is 2.21. The third kappa shape index (κ3) is 7.23. The minimum absolute atomic E-state index is 0.231. The van der Waals surface area contributed by atoms with Crippen LogP contribution in [0.25, 0.3) is 0 Å². The van der Waals surface area contributed by atoms with Crippen LogP contribution in [0.15, 0.2) is 78.9 Å². The fraction of sp³-hybridized carbons (Fsp3) is 0.286. The van der Waals surface area contributed by atoms with Crippen molar-refractivity contribution in [3.63, 3.8) is 0 Å². The van der Waals surface area contributed by atoms with Crippen LogP contribution in [0, 0.1) is 0 Å². The maximum atomic E-state index is 13.6. The van der Waals surface area contributed by atoms with Gasteiger partial charge >= 0.3 is 6.03 Å². The number of amides is 3. The lowest BCUT2D eigenvalue weighted by atomic mass is 10.0. The van der Waals surface area contributed by atoms with E-state index in [-0.39, 0.29) is 5.91 Å². The van der Waals surface area contributed by atoms with Gasteiger partial charge < -0.3 is 15.0 Å². The second-order valence-corrected chi connectivity index (χ2v) is 8.21. The Morgan fingerprint density at radius 3 is 2.22 bits per heavy atom. The number of carbonyl (C=O) groups excluding carboxylic acids is 2. The zero-order valence-corrected chi connectivity index (χ0v) is 21.2. The lowest BCUT2D eigenvalue weighted by molar-refractivity contribution is -0.120. The predicted molar refractivity (Wildman–Crippen MR) is 142 cm³/mol. The monoisotopic (exact) mass is 490 g/mol. The van der Waals surface area contributed by atoms with Crippen LogP contribution in [0.4, 0.5) is 16.2 Å². The summed E-state index contributed by atoms with van der Waals surface area (Å²) in [7, 11) is 3.29. The number of benzene rings is 3. The minimum Gasteiger partial charge on any atom is -0.497 e. The average molecular weight is 491 g/mol. The molecule has 0 aliphatic rings. The summed E-state index contributed by atoms with van der Waals surface area (Å²) in [6.07, 6.45) is 1.22. The first-order chi connectivity index (χ1) is 17.4. The van der Waals surface area contributed by atoms with Crippen LogP contribution in [0.1, 0.15) is 25.0 Å². The number of rotatable bonds is 11. The van der Waals surface area contributed by atoms with Gasteiger partial charge in [-0.3, -0.25) is 4.79 Å². The Bertz CT molecular complexity index is 1120. The minimum atomic E-state index is -0.813. The van der Waals surface area contributed by atoms with Gasteiger partial charge in [0.25, 0.3) is 0 Å². The summed E-state index contributed by atoms with van der Waals surface area (Å²) >= 11 is 0. The van der Waals surface area contributed by atoms with E-state index in [1.807, 2.05) is 73.7 Å². The number of hydrogen-bond acceptors (Lipinski definition) is 5. The molecule has 3 aromatic carbocycles. The SMILES string of the molecule is CCc1cccc(N(C)ONC(=O)NC(Cc2ccccc2)C(=O)N(CC)c2ccc(OC)cc2)c1. The Morgan fingerprint density at radius 1 is 0.889 bits per heavy atom. The van der Waals surface area contributed by atoms with Crippen molar-refractivity contribution in [2.75, 3.05) is 30.7 Å².